The molecule has 8 heteroatoms. The van der Waals surface area contributed by atoms with Crippen molar-refractivity contribution in [3.8, 4) is 0 Å². The summed E-state index contributed by atoms with van der Waals surface area (Å²) in [6, 6.07) is -0.305. The summed E-state index contributed by atoms with van der Waals surface area (Å²) in [6.45, 7) is 0. The topological polar surface area (TPSA) is 115 Å². The van der Waals surface area contributed by atoms with Crippen molar-refractivity contribution in [2.45, 2.75) is 12.5 Å². The predicted octanol–water partition coefficient (Wildman–Crippen LogP) is -0.477. The number of aromatic carboxylic acids is 1. The van der Waals surface area contributed by atoms with Crippen molar-refractivity contribution >= 4 is 21.5 Å². The first-order valence-electron chi connectivity index (χ1n) is 4.67. The molecule has 88 valence electrons. The van der Waals surface area contributed by atoms with Crippen molar-refractivity contribution in [3.63, 3.8) is 0 Å². The quantitative estimate of drug-likeness (QED) is 0.727. The van der Waals surface area contributed by atoms with Crippen molar-refractivity contribution in [3.05, 3.63) is 11.9 Å². The molecular weight excluding hydrogens is 234 g/mol. The first-order chi connectivity index (χ1) is 7.39. The van der Waals surface area contributed by atoms with E-state index in [0.717, 1.165) is 0 Å². The largest absolute Gasteiger partial charge is 0.476 e. The standard InChI is InChI=1S/C8H11N3O4S/c9-6-3-11(10-7(6)8(12)13)5-1-2-16(14,15)4-5/h3,5H,1-2,4,9H2,(H,12,13). The first-order valence-corrected chi connectivity index (χ1v) is 6.49. The molecule has 1 aromatic rings. The molecule has 1 unspecified atom stereocenters. The van der Waals surface area contributed by atoms with Crippen LogP contribution in [0.3, 0.4) is 0 Å². The average molecular weight is 245 g/mol. The van der Waals surface area contributed by atoms with Crippen LogP contribution in [0.2, 0.25) is 0 Å². The van der Waals surface area contributed by atoms with Crippen LogP contribution >= 0.6 is 0 Å². The zero-order valence-corrected chi connectivity index (χ0v) is 9.14. The number of hydrogen-bond acceptors (Lipinski definition) is 5. The Labute approximate surface area is 91.8 Å². The van der Waals surface area contributed by atoms with E-state index < -0.39 is 15.8 Å². The van der Waals surface area contributed by atoms with E-state index in [1.807, 2.05) is 0 Å². The Bertz CT molecular complexity index is 533. The van der Waals surface area contributed by atoms with E-state index in [2.05, 4.69) is 5.10 Å². The Balaban J connectivity index is 2.30. The molecule has 0 radical (unpaired) electrons. The van der Waals surface area contributed by atoms with Crippen LogP contribution in [0, 0.1) is 0 Å². The third kappa shape index (κ3) is 1.87. The van der Waals surface area contributed by atoms with E-state index in [1.165, 1.54) is 10.9 Å². The molecule has 0 saturated carbocycles. The minimum atomic E-state index is -3.02. The zero-order chi connectivity index (χ0) is 11.9. The Morgan fingerprint density at radius 2 is 2.31 bits per heavy atom. The second-order valence-corrected chi connectivity index (χ2v) is 6.00. The number of nitrogens with two attached hydrogens (primary N) is 1. The molecule has 0 aromatic carbocycles. The number of carboxylic acid groups (broad SMARTS) is 1. The maximum atomic E-state index is 11.3. The number of nitrogen functional groups attached to an aromatic ring is 1. The molecule has 1 saturated heterocycles. The average Bonchev–Trinajstić information content (AvgIpc) is 2.69. The molecule has 7 nitrogen and oxygen atoms in total. The lowest BCUT2D eigenvalue weighted by Crippen LogP contribution is -2.12. The second kappa shape index (κ2) is 3.48. The van der Waals surface area contributed by atoms with Crippen molar-refractivity contribution in [2.75, 3.05) is 17.2 Å². The highest BCUT2D eigenvalue weighted by Gasteiger charge is 2.30. The molecule has 0 aliphatic carbocycles. The molecule has 0 amide bonds. The monoisotopic (exact) mass is 245 g/mol. The van der Waals surface area contributed by atoms with Gasteiger partial charge in [0, 0.05) is 6.20 Å². The third-order valence-corrected chi connectivity index (χ3v) is 4.30. The normalized spacial score (nSPS) is 23.4. The van der Waals surface area contributed by atoms with E-state index in [1.54, 1.807) is 0 Å². The van der Waals surface area contributed by atoms with Crippen LogP contribution in [0.25, 0.3) is 0 Å². The molecule has 1 fully saturated rings. The van der Waals surface area contributed by atoms with Gasteiger partial charge in [0.1, 0.15) is 0 Å². The van der Waals surface area contributed by atoms with Crippen LogP contribution in [-0.2, 0) is 9.84 Å². The smallest absolute Gasteiger partial charge is 0.358 e. The van der Waals surface area contributed by atoms with E-state index in [0.29, 0.717) is 6.42 Å². The summed E-state index contributed by atoms with van der Waals surface area (Å²) in [7, 11) is -3.02. The van der Waals surface area contributed by atoms with Crippen molar-refractivity contribution in [1.29, 1.82) is 0 Å². The van der Waals surface area contributed by atoms with Gasteiger partial charge in [0.05, 0.1) is 23.2 Å². The van der Waals surface area contributed by atoms with Gasteiger partial charge in [0.2, 0.25) is 0 Å². The Hall–Kier alpha value is -1.57. The SMILES string of the molecule is Nc1cn(C2CCS(=O)(=O)C2)nc1C(=O)O. The summed E-state index contributed by atoms with van der Waals surface area (Å²) in [5, 5.41) is 12.5. The maximum Gasteiger partial charge on any atom is 0.358 e. The van der Waals surface area contributed by atoms with Crippen LogP contribution in [-0.4, -0.2) is 40.8 Å². The van der Waals surface area contributed by atoms with Crippen LogP contribution in [0.15, 0.2) is 6.20 Å². The van der Waals surface area contributed by atoms with Gasteiger partial charge in [0.15, 0.2) is 15.5 Å². The molecule has 2 heterocycles. The van der Waals surface area contributed by atoms with Gasteiger partial charge >= 0.3 is 5.97 Å². The molecule has 2 rings (SSSR count). The number of sulfone groups is 1. The predicted molar refractivity (Wildman–Crippen MR) is 55.9 cm³/mol. The van der Waals surface area contributed by atoms with Gasteiger partial charge in [-0.25, -0.2) is 13.2 Å². The van der Waals surface area contributed by atoms with Crippen LogP contribution in [0.4, 0.5) is 5.69 Å². The van der Waals surface area contributed by atoms with E-state index in [-0.39, 0.29) is 28.9 Å². The number of hydrogen-bond donors (Lipinski definition) is 2. The summed E-state index contributed by atoms with van der Waals surface area (Å²) in [6.07, 6.45) is 1.82. The second-order valence-electron chi connectivity index (χ2n) is 3.78. The zero-order valence-electron chi connectivity index (χ0n) is 8.33. The van der Waals surface area contributed by atoms with Gasteiger partial charge < -0.3 is 10.8 Å². The molecule has 3 N–H and O–H groups in total. The van der Waals surface area contributed by atoms with E-state index in [9.17, 15) is 13.2 Å². The third-order valence-electron chi connectivity index (χ3n) is 2.55. The number of carboxylic acids is 1. The van der Waals surface area contributed by atoms with E-state index in [4.69, 9.17) is 10.8 Å². The molecule has 1 aliphatic rings. The van der Waals surface area contributed by atoms with Crippen LogP contribution in [0.5, 0.6) is 0 Å². The van der Waals surface area contributed by atoms with Gasteiger partial charge in [0.25, 0.3) is 0 Å². The summed E-state index contributed by atoms with van der Waals surface area (Å²) < 4.78 is 23.8. The summed E-state index contributed by atoms with van der Waals surface area (Å²) in [5.41, 5.74) is 5.28. The number of anilines is 1. The number of carbonyl (C=O) groups is 1. The van der Waals surface area contributed by atoms with Crippen molar-refractivity contribution in [2.24, 2.45) is 0 Å². The van der Waals surface area contributed by atoms with E-state index >= 15 is 0 Å². The van der Waals surface area contributed by atoms with Gasteiger partial charge in [-0.05, 0) is 6.42 Å². The lowest BCUT2D eigenvalue weighted by Gasteiger charge is -2.06. The molecule has 0 bridgehead atoms. The fourth-order valence-electron chi connectivity index (χ4n) is 1.74. The Morgan fingerprint density at radius 3 is 2.75 bits per heavy atom. The highest BCUT2D eigenvalue weighted by atomic mass is 32.2. The maximum absolute atomic E-state index is 11.3. The van der Waals surface area contributed by atoms with Gasteiger partial charge in [-0.1, -0.05) is 0 Å². The molecule has 1 aromatic heterocycles. The summed E-state index contributed by atoms with van der Waals surface area (Å²) in [5.74, 6) is -1.11. The fraction of sp³-hybridized carbons (Fsp3) is 0.500. The number of nitrogens with zero attached hydrogens (tertiary/aromatic N) is 2. The van der Waals surface area contributed by atoms with Gasteiger partial charge in [-0.2, -0.15) is 5.10 Å². The lowest BCUT2D eigenvalue weighted by molar-refractivity contribution is 0.0690. The Kier molecular flexibility index (Phi) is 2.38. The number of aromatic nitrogens is 2. The number of rotatable bonds is 2. The van der Waals surface area contributed by atoms with Gasteiger partial charge in [-0.3, -0.25) is 4.68 Å². The molecular formula is C8H11N3O4S. The van der Waals surface area contributed by atoms with Crippen LogP contribution < -0.4 is 5.73 Å². The minimum absolute atomic E-state index is 0.00677. The molecule has 1 atom stereocenters. The molecule has 16 heavy (non-hydrogen) atoms. The highest BCUT2D eigenvalue weighted by molar-refractivity contribution is 7.91. The molecule has 1 aliphatic heterocycles. The van der Waals surface area contributed by atoms with Crippen molar-refractivity contribution < 1.29 is 18.3 Å². The minimum Gasteiger partial charge on any atom is -0.476 e. The first kappa shape index (κ1) is 10.9. The summed E-state index contributed by atoms with van der Waals surface area (Å²) in [4.78, 5) is 10.7. The fourth-order valence-corrected chi connectivity index (χ4v) is 3.45. The van der Waals surface area contributed by atoms with Gasteiger partial charge in [-0.15, -0.1) is 0 Å². The summed E-state index contributed by atoms with van der Waals surface area (Å²) >= 11 is 0. The lowest BCUT2D eigenvalue weighted by atomic mass is 10.3. The highest BCUT2D eigenvalue weighted by Crippen LogP contribution is 2.24. The molecule has 0 spiro atoms. The van der Waals surface area contributed by atoms with Crippen LogP contribution in [0.1, 0.15) is 23.0 Å². The van der Waals surface area contributed by atoms with Crippen molar-refractivity contribution in [1.82, 2.24) is 9.78 Å². The Morgan fingerprint density at radius 1 is 1.62 bits per heavy atom.